The summed E-state index contributed by atoms with van der Waals surface area (Å²) in [5.41, 5.74) is 2.77. The highest BCUT2D eigenvalue weighted by Crippen LogP contribution is 2.39. The quantitative estimate of drug-likeness (QED) is 0.861. The van der Waals surface area contributed by atoms with Gasteiger partial charge in [0.15, 0.2) is 0 Å². The first-order chi connectivity index (χ1) is 14.0. The van der Waals surface area contributed by atoms with Crippen molar-refractivity contribution in [3.05, 3.63) is 41.6 Å². The highest BCUT2D eigenvalue weighted by Gasteiger charge is 2.53. The van der Waals surface area contributed by atoms with Gasteiger partial charge >= 0.3 is 0 Å². The van der Waals surface area contributed by atoms with Crippen molar-refractivity contribution in [1.29, 1.82) is 0 Å². The Kier molecular flexibility index (Phi) is 5.19. The van der Waals surface area contributed by atoms with Crippen molar-refractivity contribution >= 4 is 11.8 Å². The molecule has 6 nitrogen and oxygen atoms in total. The summed E-state index contributed by atoms with van der Waals surface area (Å²) in [4.78, 5) is 30.4. The van der Waals surface area contributed by atoms with Crippen LogP contribution in [0.3, 0.4) is 0 Å². The van der Waals surface area contributed by atoms with Gasteiger partial charge in [-0.1, -0.05) is 31.2 Å². The number of likely N-dealkylation sites (tertiary alicyclic amines) is 2. The molecule has 2 saturated heterocycles. The first-order valence-corrected chi connectivity index (χ1v) is 10.7. The lowest BCUT2D eigenvalue weighted by atomic mass is 9.84. The van der Waals surface area contributed by atoms with Gasteiger partial charge in [0.05, 0.1) is 5.69 Å². The number of rotatable bonds is 4. The summed E-state index contributed by atoms with van der Waals surface area (Å²) in [6.07, 6.45) is 4.29. The van der Waals surface area contributed by atoms with Crippen LogP contribution in [-0.4, -0.2) is 56.5 Å². The normalized spacial score (nSPS) is 22.1. The van der Waals surface area contributed by atoms with Crippen LogP contribution < -0.4 is 0 Å². The summed E-state index contributed by atoms with van der Waals surface area (Å²) in [5, 5.41) is 7.28. The number of hydrogen-bond acceptors (Lipinski definition) is 3. The van der Waals surface area contributed by atoms with Gasteiger partial charge in [0, 0.05) is 24.7 Å². The maximum Gasteiger partial charge on any atom is 0.272 e. The van der Waals surface area contributed by atoms with Crippen LogP contribution in [0.2, 0.25) is 0 Å². The smallest absolute Gasteiger partial charge is 0.272 e. The molecule has 1 aromatic carbocycles. The summed E-state index contributed by atoms with van der Waals surface area (Å²) in [7, 11) is 0. The zero-order valence-electron chi connectivity index (χ0n) is 17.6. The Morgan fingerprint density at radius 2 is 1.86 bits per heavy atom. The van der Waals surface area contributed by atoms with Gasteiger partial charge < -0.3 is 9.80 Å². The van der Waals surface area contributed by atoms with Gasteiger partial charge in [-0.05, 0) is 57.6 Å². The molecule has 0 saturated carbocycles. The second kappa shape index (κ2) is 7.65. The van der Waals surface area contributed by atoms with Crippen LogP contribution in [0.1, 0.15) is 62.5 Å². The van der Waals surface area contributed by atoms with E-state index in [2.05, 4.69) is 29.3 Å². The molecule has 154 valence electrons. The zero-order chi connectivity index (χ0) is 20.6. The van der Waals surface area contributed by atoms with Gasteiger partial charge in [-0.3, -0.25) is 14.7 Å². The minimum atomic E-state index is -0.687. The maximum absolute atomic E-state index is 13.4. The van der Waals surface area contributed by atoms with Crippen molar-refractivity contribution in [2.24, 2.45) is 0 Å². The van der Waals surface area contributed by atoms with E-state index < -0.39 is 5.54 Å². The van der Waals surface area contributed by atoms with E-state index >= 15 is 0 Å². The SMILES string of the molecule is CCc1ccc(-c2cc(C(=O)N3CCCC34CCCN(C(C)C)C4=O)[nH]n2)cc1. The minimum absolute atomic E-state index is 0.111. The van der Waals surface area contributed by atoms with Crippen LogP contribution in [0, 0.1) is 0 Å². The van der Waals surface area contributed by atoms with Crippen molar-refractivity contribution in [3.63, 3.8) is 0 Å². The molecule has 6 heteroatoms. The molecular formula is C23H30N4O2. The fourth-order valence-electron chi connectivity index (χ4n) is 4.80. The molecule has 1 spiro atoms. The number of H-pyrrole nitrogens is 1. The van der Waals surface area contributed by atoms with Gasteiger partial charge in [0.2, 0.25) is 5.91 Å². The number of nitrogens with one attached hydrogen (secondary N) is 1. The fraction of sp³-hybridized carbons (Fsp3) is 0.522. The van der Waals surface area contributed by atoms with E-state index in [9.17, 15) is 9.59 Å². The maximum atomic E-state index is 13.4. The molecule has 2 aromatic rings. The summed E-state index contributed by atoms with van der Waals surface area (Å²) in [5.74, 6) is -0.00937. The number of benzene rings is 1. The number of carbonyl (C=O) groups excluding carboxylic acids is 2. The summed E-state index contributed by atoms with van der Waals surface area (Å²) in [6.45, 7) is 7.61. The van der Waals surface area contributed by atoms with Crippen LogP contribution in [0.25, 0.3) is 11.3 Å². The molecule has 2 aliphatic heterocycles. The Morgan fingerprint density at radius 3 is 2.52 bits per heavy atom. The predicted molar refractivity (Wildman–Crippen MR) is 112 cm³/mol. The molecule has 1 unspecified atom stereocenters. The summed E-state index contributed by atoms with van der Waals surface area (Å²) < 4.78 is 0. The van der Waals surface area contributed by atoms with Gasteiger partial charge in [-0.2, -0.15) is 5.10 Å². The molecule has 1 N–H and O–H groups in total. The molecular weight excluding hydrogens is 364 g/mol. The molecule has 4 rings (SSSR count). The largest absolute Gasteiger partial charge is 0.338 e. The van der Waals surface area contributed by atoms with Crippen LogP contribution in [-0.2, 0) is 11.2 Å². The van der Waals surface area contributed by atoms with Crippen molar-refractivity contribution in [2.75, 3.05) is 13.1 Å². The molecule has 2 amide bonds. The van der Waals surface area contributed by atoms with Crippen molar-refractivity contribution in [3.8, 4) is 11.3 Å². The number of aryl methyl sites for hydroxylation is 1. The number of carbonyl (C=O) groups is 2. The lowest BCUT2D eigenvalue weighted by Crippen LogP contribution is -2.62. The fourth-order valence-corrected chi connectivity index (χ4v) is 4.80. The topological polar surface area (TPSA) is 69.3 Å². The van der Waals surface area contributed by atoms with E-state index in [-0.39, 0.29) is 17.9 Å². The lowest BCUT2D eigenvalue weighted by molar-refractivity contribution is -0.147. The third kappa shape index (κ3) is 3.34. The standard InChI is InChI=1S/C23H30N4O2/c1-4-17-7-9-18(10-8-17)19-15-20(25-24-19)21(28)27-14-6-12-23(27)11-5-13-26(16(2)3)22(23)29/h7-10,15-16H,4-6,11-14H2,1-3H3,(H,24,25). The number of aromatic amines is 1. The first kappa shape index (κ1) is 19.7. The van der Waals surface area contributed by atoms with Crippen molar-refractivity contribution in [1.82, 2.24) is 20.0 Å². The molecule has 1 aromatic heterocycles. The Balaban J connectivity index is 1.59. The number of amides is 2. The molecule has 0 bridgehead atoms. The average molecular weight is 395 g/mol. The highest BCUT2D eigenvalue weighted by atomic mass is 16.2. The van der Waals surface area contributed by atoms with Crippen LogP contribution in [0.15, 0.2) is 30.3 Å². The number of nitrogens with zero attached hydrogens (tertiary/aromatic N) is 3. The van der Waals surface area contributed by atoms with Gasteiger partial charge in [-0.25, -0.2) is 0 Å². The third-order valence-electron chi connectivity index (χ3n) is 6.47. The first-order valence-electron chi connectivity index (χ1n) is 10.7. The van der Waals surface area contributed by atoms with Gasteiger partial charge in [-0.15, -0.1) is 0 Å². The molecule has 0 radical (unpaired) electrons. The van der Waals surface area contributed by atoms with Gasteiger partial charge in [0.25, 0.3) is 5.91 Å². The Hall–Kier alpha value is -2.63. The van der Waals surface area contributed by atoms with E-state index in [4.69, 9.17) is 0 Å². The Morgan fingerprint density at radius 1 is 1.17 bits per heavy atom. The Labute approximate surface area is 172 Å². The van der Waals surface area contributed by atoms with Crippen molar-refractivity contribution in [2.45, 2.75) is 64.5 Å². The zero-order valence-corrected chi connectivity index (χ0v) is 17.6. The molecule has 3 heterocycles. The number of hydrogen-bond donors (Lipinski definition) is 1. The number of aromatic nitrogens is 2. The molecule has 1 atom stereocenters. The minimum Gasteiger partial charge on any atom is -0.338 e. The van der Waals surface area contributed by atoms with E-state index in [0.717, 1.165) is 49.9 Å². The van der Waals surface area contributed by atoms with E-state index in [0.29, 0.717) is 12.2 Å². The lowest BCUT2D eigenvalue weighted by Gasteiger charge is -2.45. The molecule has 2 fully saturated rings. The van der Waals surface area contributed by atoms with Gasteiger partial charge in [0.1, 0.15) is 11.2 Å². The van der Waals surface area contributed by atoms with Crippen LogP contribution >= 0.6 is 0 Å². The van der Waals surface area contributed by atoms with E-state index in [1.165, 1.54) is 5.56 Å². The predicted octanol–water partition coefficient (Wildman–Crippen LogP) is 3.64. The van der Waals surface area contributed by atoms with E-state index in [1.807, 2.05) is 36.9 Å². The second-order valence-electron chi connectivity index (χ2n) is 8.51. The second-order valence-corrected chi connectivity index (χ2v) is 8.51. The average Bonchev–Trinajstić information content (AvgIpc) is 3.38. The monoisotopic (exact) mass is 394 g/mol. The third-order valence-corrected chi connectivity index (χ3v) is 6.47. The molecule has 2 aliphatic rings. The van der Waals surface area contributed by atoms with E-state index in [1.54, 1.807) is 4.90 Å². The molecule has 0 aliphatic carbocycles. The summed E-state index contributed by atoms with van der Waals surface area (Å²) >= 11 is 0. The van der Waals surface area contributed by atoms with Crippen molar-refractivity contribution < 1.29 is 9.59 Å². The van der Waals surface area contributed by atoms with Crippen LogP contribution in [0.5, 0.6) is 0 Å². The highest BCUT2D eigenvalue weighted by molar-refractivity contribution is 5.99. The Bertz CT molecular complexity index is 902. The molecule has 29 heavy (non-hydrogen) atoms. The van der Waals surface area contributed by atoms with Crippen LogP contribution in [0.4, 0.5) is 0 Å². The summed E-state index contributed by atoms with van der Waals surface area (Å²) in [6, 6.07) is 10.2. The number of piperidine rings is 1.